The average molecular weight is 487 g/mol. The maximum Gasteiger partial charge on any atom is 0.305 e. The molecule has 0 fully saturated rings. The summed E-state index contributed by atoms with van der Waals surface area (Å²) in [7, 11) is 0. The van der Waals surface area contributed by atoms with Crippen LogP contribution in [0.4, 0.5) is 0 Å². The van der Waals surface area contributed by atoms with Crippen molar-refractivity contribution in [1.29, 1.82) is 0 Å². The molecule has 0 aromatic rings. The minimum absolute atomic E-state index is 0.118. The van der Waals surface area contributed by atoms with E-state index in [-0.39, 0.29) is 5.97 Å². The lowest BCUT2D eigenvalue weighted by molar-refractivity contribution is -0.145. The maximum atomic E-state index is 11.7. The summed E-state index contributed by atoms with van der Waals surface area (Å²) < 4.78 is 26.2. The van der Waals surface area contributed by atoms with Gasteiger partial charge in [-0.25, -0.2) is 0 Å². The van der Waals surface area contributed by atoms with Crippen LogP contribution in [-0.2, 0) is 28.5 Å². The Bertz CT molecular complexity index is 416. The van der Waals surface area contributed by atoms with Crippen LogP contribution < -0.4 is 0 Å². The van der Waals surface area contributed by atoms with E-state index in [1.165, 1.54) is 89.7 Å². The molecular weight excluding hydrogens is 432 g/mol. The number of rotatable bonds is 29. The molecule has 0 heterocycles. The van der Waals surface area contributed by atoms with Crippen molar-refractivity contribution in [2.24, 2.45) is 0 Å². The van der Waals surface area contributed by atoms with Gasteiger partial charge in [0.25, 0.3) is 0 Å². The molecule has 0 bridgehead atoms. The first-order valence-electron chi connectivity index (χ1n) is 13.9. The Kier molecular flexibility index (Phi) is 28.9. The second-order valence-electron chi connectivity index (χ2n) is 8.79. The molecule has 6 heteroatoms. The molecule has 0 spiro atoms. The minimum Gasteiger partial charge on any atom is -0.499 e. The number of carbonyl (C=O) groups is 1. The smallest absolute Gasteiger partial charge is 0.305 e. The zero-order valence-electron chi connectivity index (χ0n) is 22.2. The van der Waals surface area contributed by atoms with Crippen LogP contribution in [0, 0.1) is 0 Å². The zero-order valence-corrected chi connectivity index (χ0v) is 22.2. The summed E-state index contributed by atoms with van der Waals surface area (Å²) in [6.07, 6.45) is 21.8. The molecule has 0 rings (SSSR count). The SMILES string of the molecule is C=COCCOCCOCCOCCOC(=O)CCCCCCCCCCCCCCCCC. The van der Waals surface area contributed by atoms with E-state index >= 15 is 0 Å². The predicted molar refractivity (Wildman–Crippen MR) is 139 cm³/mol. The topological polar surface area (TPSA) is 63.2 Å². The van der Waals surface area contributed by atoms with E-state index in [0.29, 0.717) is 59.3 Å². The summed E-state index contributed by atoms with van der Waals surface area (Å²) in [6.45, 7) is 9.50. The summed E-state index contributed by atoms with van der Waals surface area (Å²) in [5.41, 5.74) is 0. The summed E-state index contributed by atoms with van der Waals surface area (Å²) in [6, 6.07) is 0. The first-order valence-corrected chi connectivity index (χ1v) is 13.9. The third-order valence-electron chi connectivity index (χ3n) is 5.68. The van der Waals surface area contributed by atoms with Crippen molar-refractivity contribution >= 4 is 5.97 Å². The highest BCUT2D eigenvalue weighted by Crippen LogP contribution is 2.13. The van der Waals surface area contributed by atoms with Gasteiger partial charge in [0.2, 0.25) is 0 Å². The highest BCUT2D eigenvalue weighted by Gasteiger charge is 2.02. The number of unbranched alkanes of at least 4 members (excludes halogenated alkanes) is 14. The van der Waals surface area contributed by atoms with E-state index < -0.39 is 0 Å². The van der Waals surface area contributed by atoms with E-state index in [2.05, 4.69) is 13.5 Å². The fourth-order valence-electron chi connectivity index (χ4n) is 3.66. The predicted octanol–water partition coefficient (Wildman–Crippen LogP) is 7.00. The Morgan fingerprint density at radius 3 is 1.38 bits per heavy atom. The Hall–Kier alpha value is -1.11. The van der Waals surface area contributed by atoms with Gasteiger partial charge in [0.05, 0.1) is 45.9 Å². The van der Waals surface area contributed by atoms with Crippen molar-refractivity contribution in [3.05, 3.63) is 12.8 Å². The molecule has 0 unspecified atom stereocenters. The molecule has 0 N–H and O–H groups in total. The van der Waals surface area contributed by atoms with Gasteiger partial charge in [-0.1, -0.05) is 103 Å². The average Bonchev–Trinajstić information content (AvgIpc) is 2.84. The van der Waals surface area contributed by atoms with Gasteiger partial charge in [0.1, 0.15) is 13.2 Å². The van der Waals surface area contributed by atoms with Crippen molar-refractivity contribution in [3.8, 4) is 0 Å². The van der Waals surface area contributed by atoms with Gasteiger partial charge >= 0.3 is 5.97 Å². The molecule has 6 nitrogen and oxygen atoms in total. The summed E-state index contributed by atoms with van der Waals surface area (Å²) in [5, 5.41) is 0. The van der Waals surface area contributed by atoms with E-state index in [9.17, 15) is 4.79 Å². The molecule has 202 valence electrons. The normalized spacial score (nSPS) is 11.0. The van der Waals surface area contributed by atoms with Gasteiger partial charge in [0.15, 0.2) is 0 Å². The van der Waals surface area contributed by atoms with Crippen LogP contribution in [0.1, 0.15) is 110 Å². The molecule has 34 heavy (non-hydrogen) atoms. The highest BCUT2D eigenvalue weighted by molar-refractivity contribution is 5.69. The van der Waals surface area contributed by atoms with Gasteiger partial charge < -0.3 is 23.7 Å². The zero-order chi connectivity index (χ0) is 24.8. The van der Waals surface area contributed by atoms with Crippen LogP contribution in [0.25, 0.3) is 0 Å². The lowest BCUT2D eigenvalue weighted by atomic mass is 10.0. The number of ether oxygens (including phenoxy) is 5. The largest absolute Gasteiger partial charge is 0.499 e. The molecule has 0 aromatic heterocycles. The van der Waals surface area contributed by atoms with Gasteiger partial charge in [-0.15, -0.1) is 0 Å². The lowest BCUT2D eigenvalue weighted by Crippen LogP contribution is -2.14. The Balaban J connectivity index is 3.14. The van der Waals surface area contributed by atoms with Gasteiger partial charge in [-0.05, 0) is 6.42 Å². The van der Waals surface area contributed by atoms with Crippen molar-refractivity contribution in [3.63, 3.8) is 0 Å². The molecule has 0 amide bonds. The fraction of sp³-hybridized carbons (Fsp3) is 0.893. The third kappa shape index (κ3) is 28.9. The van der Waals surface area contributed by atoms with Crippen LogP contribution in [0.2, 0.25) is 0 Å². The first-order chi connectivity index (χ1) is 16.8. The second kappa shape index (κ2) is 29.9. The Morgan fingerprint density at radius 1 is 0.559 bits per heavy atom. The molecule has 0 saturated heterocycles. The molecule has 0 aromatic carbocycles. The van der Waals surface area contributed by atoms with Crippen LogP contribution in [0.3, 0.4) is 0 Å². The molecule has 0 atom stereocenters. The van der Waals surface area contributed by atoms with Crippen molar-refractivity contribution < 1.29 is 28.5 Å². The van der Waals surface area contributed by atoms with Gasteiger partial charge in [-0.3, -0.25) is 4.79 Å². The van der Waals surface area contributed by atoms with Crippen molar-refractivity contribution in [1.82, 2.24) is 0 Å². The Morgan fingerprint density at radius 2 is 0.941 bits per heavy atom. The monoisotopic (exact) mass is 486 g/mol. The van der Waals surface area contributed by atoms with Crippen molar-refractivity contribution in [2.75, 3.05) is 52.9 Å². The number of hydrogen-bond acceptors (Lipinski definition) is 6. The summed E-state index contributed by atoms with van der Waals surface area (Å²) in [5.74, 6) is -0.118. The van der Waals surface area contributed by atoms with Crippen molar-refractivity contribution in [2.45, 2.75) is 110 Å². The summed E-state index contributed by atoms with van der Waals surface area (Å²) in [4.78, 5) is 11.7. The molecule has 0 aliphatic carbocycles. The van der Waals surface area contributed by atoms with E-state index in [0.717, 1.165) is 12.8 Å². The standard InChI is InChI=1S/C28H54O6/c1-3-5-6-7-8-9-10-11-12-13-14-15-16-17-18-19-28(29)34-27-26-33-25-24-32-23-22-31-21-20-30-4-2/h4H,2-3,5-27H2,1H3. The fourth-order valence-corrected chi connectivity index (χ4v) is 3.66. The molecule has 0 saturated carbocycles. The van der Waals surface area contributed by atoms with Crippen LogP contribution in [0.15, 0.2) is 12.8 Å². The van der Waals surface area contributed by atoms with Gasteiger partial charge in [0, 0.05) is 6.42 Å². The maximum absolute atomic E-state index is 11.7. The number of carbonyl (C=O) groups excluding carboxylic acids is 1. The highest BCUT2D eigenvalue weighted by atomic mass is 16.6. The van der Waals surface area contributed by atoms with E-state index in [1.54, 1.807) is 0 Å². The van der Waals surface area contributed by atoms with E-state index in [4.69, 9.17) is 23.7 Å². The molecular formula is C28H54O6. The second-order valence-corrected chi connectivity index (χ2v) is 8.79. The molecule has 0 aliphatic heterocycles. The van der Waals surface area contributed by atoms with Crippen LogP contribution in [0.5, 0.6) is 0 Å². The minimum atomic E-state index is -0.118. The molecule has 0 radical (unpaired) electrons. The Labute approximate surface area is 210 Å². The lowest BCUT2D eigenvalue weighted by Gasteiger charge is -2.08. The van der Waals surface area contributed by atoms with Gasteiger partial charge in [-0.2, -0.15) is 0 Å². The molecule has 0 aliphatic rings. The summed E-state index contributed by atoms with van der Waals surface area (Å²) >= 11 is 0. The third-order valence-corrected chi connectivity index (χ3v) is 5.68. The first kappa shape index (κ1) is 32.9. The van der Waals surface area contributed by atoms with Crippen LogP contribution >= 0.6 is 0 Å². The number of esters is 1. The van der Waals surface area contributed by atoms with Crippen LogP contribution in [-0.4, -0.2) is 58.8 Å². The quantitative estimate of drug-likeness (QED) is 0.0644. The van der Waals surface area contributed by atoms with E-state index in [1.807, 2.05) is 0 Å². The number of hydrogen-bond donors (Lipinski definition) is 0.